The first-order chi connectivity index (χ1) is 6.02. The second-order valence-corrected chi connectivity index (χ2v) is 3.05. The van der Waals surface area contributed by atoms with Crippen molar-refractivity contribution in [1.29, 1.82) is 0 Å². The van der Waals surface area contributed by atoms with Crippen LogP contribution in [0.2, 0.25) is 0 Å². The van der Waals surface area contributed by atoms with Gasteiger partial charge in [0.25, 0.3) is 6.43 Å². The largest absolute Gasteiger partial charge is 0.477 e. The Bertz CT molecular complexity index is 343. The minimum atomic E-state index is -2.71. The maximum atomic E-state index is 12.2. The smallest absolute Gasteiger partial charge is 0.354 e. The van der Waals surface area contributed by atoms with Crippen LogP contribution in [0.5, 0.6) is 0 Å². The Morgan fingerprint density at radius 1 is 1.62 bits per heavy atom. The molecule has 1 N–H and O–H groups in total. The third-order valence-corrected chi connectivity index (χ3v) is 2.00. The van der Waals surface area contributed by atoms with Crippen molar-refractivity contribution in [2.45, 2.75) is 6.43 Å². The van der Waals surface area contributed by atoms with Gasteiger partial charge in [-0.05, 0) is 22.0 Å². The van der Waals surface area contributed by atoms with Crippen molar-refractivity contribution in [3.63, 3.8) is 0 Å². The van der Waals surface area contributed by atoms with Crippen LogP contribution in [0.3, 0.4) is 0 Å². The van der Waals surface area contributed by atoms with E-state index in [-0.39, 0.29) is 10.0 Å². The molecule has 3 nitrogen and oxygen atoms in total. The van der Waals surface area contributed by atoms with Crippen LogP contribution in [0.15, 0.2) is 16.7 Å². The third kappa shape index (κ3) is 2.21. The first-order valence-corrected chi connectivity index (χ1v) is 3.98. The van der Waals surface area contributed by atoms with Gasteiger partial charge in [-0.25, -0.2) is 18.6 Å². The summed E-state index contributed by atoms with van der Waals surface area (Å²) in [6.07, 6.45) is -1.67. The Kier molecular flexibility index (Phi) is 2.92. The van der Waals surface area contributed by atoms with E-state index < -0.39 is 18.1 Å². The topological polar surface area (TPSA) is 50.2 Å². The summed E-state index contributed by atoms with van der Waals surface area (Å²) < 4.78 is 24.5. The summed E-state index contributed by atoms with van der Waals surface area (Å²) in [5.41, 5.74) is -0.758. The Balaban J connectivity index is 3.19. The number of hydrogen-bond donors (Lipinski definition) is 1. The van der Waals surface area contributed by atoms with Gasteiger partial charge in [0.15, 0.2) is 0 Å². The van der Waals surface area contributed by atoms with E-state index in [0.29, 0.717) is 0 Å². The molecule has 0 spiro atoms. The zero-order chi connectivity index (χ0) is 10.0. The number of halogens is 3. The maximum absolute atomic E-state index is 12.2. The molecule has 0 atom stereocenters. The summed E-state index contributed by atoms with van der Waals surface area (Å²) in [4.78, 5) is 13.8. The van der Waals surface area contributed by atoms with Crippen LogP contribution in [0.1, 0.15) is 22.5 Å². The highest BCUT2D eigenvalue weighted by Crippen LogP contribution is 2.26. The average molecular weight is 252 g/mol. The SMILES string of the molecule is O=C(O)c1cc(C(F)F)c(Br)cn1. The van der Waals surface area contributed by atoms with Gasteiger partial charge in [0.1, 0.15) is 5.69 Å². The molecule has 1 aromatic heterocycles. The lowest BCUT2D eigenvalue weighted by molar-refractivity contribution is 0.0690. The number of carbonyl (C=O) groups is 1. The van der Waals surface area contributed by atoms with Crippen molar-refractivity contribution < 1.29 is 18.7 Å². The zero-order valence-electron chi connectivity index (χ0n) is 6.17. The number of alkyl halides is 2. The molecule has 0 aliphatic rings. The molecule has 1 rings (SSSR count). The van der Waals surface area contributed by atoms with Gasteiger partial charge in [0, 0.05) is 16.2 Å². The van der Waals surface area contributed by atoms with E-state index in [1.807, 2.05) is 0 Å². The van der Waals surface area contributed by atoms with Gasteiger partial charge in [0.2, 0.25) is 0 Å². The summed E-state index contributed by atoms with van der Waals surface area (Å²) in [6.45, 7) is 0. The number of carboxylic acid groups (broad SMARTS) is 1. The first-order valence-electron chi connectivity index (χ1n) is 3.19. The van der Waals surface area contributed by atoms with E-state index in [9.17, 15) is 13.6 Å². The van der Waals surface area contributed by atoms with E-state index in [4.69, 9.17) is 5.11 Å². The van der Waals surface area contributed by atoms with Crippen LogP contribution in [-0.4, -0.2) is 16.1 Å². The number of rotatable bonds is 2. The van der Waals surface area contributed by atoms with Crippen molar-refractivity contribution in [2.24, 2.45) is 0 Å². The van der Waals surface area contributed by atoms with E-state index >= 15 is 0 Å². The minimum absolute atomic E-state index is 0.104. The molecule has 1 heterocycles. The van der Waals surface area contributed by atoms with Crippen molar-refractivity contribution in [3.8, 4) is 0 Å². The average Bonchev–Trinajstić information content (AvgIpc) is 2.04. The molecule has 0 radical (unpaired) electrons. The van der Waals surface area contributed by atoms with E-state index in [0.717, 1.165) is 12.3 Å². The molecule has 1 aromatic rings. The molecule has 70 valence electrons. The lowest BCUT2D eigenvalue weighted by atomic mass is 10.2. The molecule has 0 amide bonds. The van der Waals surface area contributed by atoms with Crippen LogP contribution >= 0.6 is 15.9 Å². The molecule has 0 fully saturated rings. The quantitative estimate of drug-likeness (QED) is 0.879. The Labute approximate surface area is 80.5 Å². The molecule has 0 aliphatic heterocycles. The highest BCUT2D eigenvalue weighted by molar-refractivity contribution is 9.10. The van der Waals surface area contributed by atoms with Gasteiger partial charge in [-0.2, -0.15) is 0 Å². The van der Waals surface area contributed by atoms with Crippen molar-refractivity contribution in [2.75, 3.05) is 0 Å². The fraction of sp³-hybridized carbons (Fsp3) is 0.143. The van der Waals surface area contributed by atoms with E-state index in [1.54, 1.807) is 0 Å². The normalized spacial score (nSPS) is 10.5. The fourth-order valence-corrected chi connectivity index (χ4v) is 1.13. The molecule has 0 aromatic carbocycles. The fourth-order valence-electron chi connectivity index (χ4n) is 0.738. The summed E-state index contributed by atoms with van der Waals surface area (Å²) in [5.74, 6) is -1.32. The van der Waals surface area contributed by atoms with Crippen LogP contribution in [-0.2, 0) is 0 Å². The van der Waals surface area contributed by atoms with Crippen LogP contribution < -0.4 is 0 Å². The Hall–Kier alpha value is -1.04. The van der Waals surface area contributed by atoms with Gasteiger partial charge in [-0.15, -0.1) is 0 Å². The highest BCUT2D eigenvalue weighted by atomic mass is 79.9. The molecule has 13 heavy (non-hydrogen) atoms. The van der Waals surface area contributed by atoms with Crippen molar-refractivity contribution >= 4 is 21.9 Å². The van der Waals surface area contributed by atoms with Gasteiger partial charge in [-0.1, -0.05) is 0 Å². The molecular formula is C7H4BrF2NO2. The summed E-state index contributed by atoms with van der Waals surface area (Å²) in [7, 11) is 0. The predicted octanol–water partition coefficient (Wildman–Crippen LogP) is 2.48. The molecule has 0 aliphatic carbocycles. The molecule has 0 saturated carbocycles. The lowest BCUT2D eigenvalue weighted by Crippen LogP contribution is -2.01. The number of pyridine rings is 1. The van der Waals surface area contributed by atoms with Crippen LogP contribution in [0.4, 0.5) is 8.78 Å². The van der Waals surface area contributed by atoms with Crippen molar-refractivity contribution in [1.82, 2.24) is 4.98 Å². The molecule has 6 heteroatoms. The summed E-state index contributed by atoms with van der Waals surface area (Å²) in [6, 6.07) is 0.844. The Morgan fingerprint density at radius 2 is 2.23 bits per heavy atom. The van der Waals surface area contributed by atoms with Gasteiger partial charge in [0.05, 0.1) is 0 Å². The lowest BCUT2D eigenvalue weighted by Gasteiger charge is -2.02. The second kappa shape index (κ2) is 3.78. The van der Waals surface area contributed by atoms with Gasteiger partial charge in [-0.3, -0.25) is 0 Å². The Morgan fingerprint density at radius 3 is 2.69 bits per heavy atom. The number of hydrogen-bond acceptors (Lipinski definition) is 2. The minimum Gasteiger partial charge on any atom is -0.477 e. The van der Waals surface area contributed by atoms with Crippen molar-refractivity contribution in [3.05, 3.63) is 28.0 Å². The summed E-state index contributed by atoms with van der Waals surface area (Å²) >= 11 is 2.84. The predicted molar refractivity (Wildman–Crippen MR) is 43.9 cm³/mol. The molecule has 0 unspecified atom stereocenters. The zero-order valence-corrected chi connectivity index (χ0v) is 7.75. The first kappa shape index (κ1) is 10.0. The summed E-state index contributed by atoms with van der Waals surface area (Å²) in [5, 5.41) is 8.46. The van der Waals surface area contributed by atoms with E-state index in [1.165, 1.54) is 0 Å². The number of aromatic carboxylic acids is 1. The molecular weight excluding hydrogens is 248 g/mol. The van der Waals surface area contributed by atoms with Gasteiger partial charge >= 0.3 is 5.97 Å². The molecule has 0 bridgehead atoms. The van der Waals surface area contributed by atoms with E-state index in [2.05, 4.69) is 20.9 Å². The maximum Gasteiger partial charge on any atom is 0.354 e. The van der Waals surface area contributed by atoms with Gasteiger partial charge < -0.3 is 5.11 Å². The number of carboxylic acids is 1. The van der Waals surface area contributed by atoms with Crippen LogP contribution in [0.25, 0.3) is 0 Å². The number of aromatic nitrogens is 1. The molecule has 0 saturated heterocycles. The monoisotopic (exact) mass is 251 g/mol. The number of nitrogens with zero attached hydrogens (tertiary/aromatic N) is 1. The standard InChI is InChI=1S/C7H4BrF2NO2/c8-4-2-11-5(7(12)13)1-3(4)6(9)10/h1-2,6H,(H,12,13). The third-order valence-electron chi connectivity index (χ3n) is 1.34. The highest BCUT2D eigenvalue weighted by Gasteiger charge is 2.15. The van der Waals surface area contributed by atoms with Crippen LogP contribution in [0, 0.1) is 0 Å². The second-order valence-electron chi connectivity index (χ2n) is 2.20.